The van der Waals surface area contributed by atoms with Crippen LogP contribution in [0.1, 0.15) is 11.1 Å². The van der Waals surface area contributed by atoms with Crippen LogP contribution < -0.4 is 5.32 Å². The molecule has 0 saturated heterocycles. The van der Waals surface area contributed by atoms with Crippen molar-refractivity contribution in [3.05, 3.63) is 71.8 Å². The normalized spacial score (nSPS) is 10.3. The van der Waals surface area contributed by atoms with Crippen molar-refractivity contribution in [1.29, 1.82) is 0 Å². The number of benzene rings is 2. The molecule has 0 aliphatic heterocycles. The van der Waals surface area contributed by atoms with Crippen LogP contribution in [0.5, 0.6) is 0 Å². The Labute approximate surface area is 111 Å². The van der Waals surface area contributed by atoms with E-state index in [1.54, 1.807) is 31.2 Å². The first-order valence-electron chi connectivity index (χ1n) is 6.00. The lowest BCUT2D eigenvalue weighted by Crippen LogP contribution is -2.03. The van der Waals surface area contributed by atoms with Gasteiger partial charge in [-0.1, -0.05) is 12.6 Å². The van der Waals surface area contributed by atoms with Gasteiger partial charge in [-0.05, 0) is 60.0 Å². The first kappa shape index (κ1) is 13.3. The van der Waals surface area contributed by atoms with Gasteiger partial charge in [0, 0.05) is 12.2 Å². The topological polar surface area (TPSA) is 12.0 Å². The van der Waals surface area contributed by atoms with Gasteiger partial charge in [-0.3, -0.25) is 0 Å². The molecule has 19 heavy (non-hydrogen) atoms. The van der Waals surface area contributed by atoms with Crippen molar-refractivity contribution in [3.63, 3.8) is 0 Å². The third-order valence-electron chi connectivity index (χ3n) is 2.92. The van der Waals surface area contributed by atoms with Crippen LogP contribution in [0.3, 0.4) is 0 Å². The number of nitrogens with one attached hydrogen (secondary N) is 1. The molecule has 0 heterocycles. The zero-order valence-corrected chi connectivity index (χ0v) is 10.7. The maximum Gasteiger partial charge on any atom is 0.126 e. The van der Waals surface area contributed by atoms with Crippen molar-refractivity contribution in [2.75, 3.05) is 11.9 Å². The Bertz CT molecular complexity index is 588. The molecule has 0 atom stereocenters. The monoisotopic (exact) mass is 259 g/mol. The van der Waals surface area contributed by atoms with Crippen molar-refractivity contribution in [1.82, 2.24) is 0 Å². The van der Waals surface area contributed by atoms with E-state index in [1.807, 2.05) is 0 Å². The molecular weight excluding hydrogens is 244 g/mol. The van der Waals surface area contributed by atoms with Crippen LogP contribution in [0, 0.1) is 18.6 Å². The molecule has 0 bridgehead atoms. The van der Waals surface area contributed by atoms with E-state index in [0.717, 1.165) is 16.8 Å². The summed E-state index contributed by atoms with van der Waals surface area (Å²) in [5.74, 6) is -0.485. The lowest BCUT2D eigenvalue weighted by Gasteiger charge is -2.10. The Balaban J connectivity index is 2.01. The number of rotatable bonds is 4. The van der Waals surface area contributed by atoms with Crippen LogP contribution in [0.4, 0.5) is 14.5 Å². The third kappa shape index (κ3) is 3.41. The summed E-state index contributed by atoms with van der Waals surface area (Å²) in [5.41, 5.74) is 3.17. The number of hydrogen-bond donors (Lipinski definition) is 1. The van der Waals surface area contributed by atoms with Crippen molar-refractivity contribution >= 4 is 11.3 Å². The highest BCUT2D eigenvalue weighted by Gasteiger charge is 2.03. The predicted octanol–water partition coefficient (Wildman–Crippen LogP) is 4.40. The van der Waals surface area contributed by atoms with Crippen molar-refractivity contribution in [3.8, 4) is 0 Å². The number of hydrogen-bond acceptors (Lipinski definition) is 1. The minimum absolute atomic E-state index is 0.219. The number of halogens is 2. The van der Waals surface area contributed by atoms with E-state index in [2.05, 4.69) is 11.9 Å². The SMILES string of the molecule is C=C(CNc1ccc(F)cc1)c1ccc(F)c(C)c1. The quantitative estimate of drug-likeness (QED) is 0.858. The maximum absolute atomic E-state index is 13.2. The van der Waals surface area contributed by atoms with E-state index in [4.69, 9.17) is 0 Å². The highest BCUT2D eigenvalue weighted by Crippen LogP contribution is 2.17. The van der Waals surface area contributed by atoms with E-state index in [0.29, 0.717) is 12.1 Å². The number of anilines is 1. The molecule has 0 fully saturated rings. The first-order chi connectivity index (χ1) is 9.06. The smallest absolute Gasteiger partial charge is 0.126 e. The van der Waals surface area contributed by atoms with Gasteiger partial charge in [0.15, 0.2) is 0 Å². The van der Waals surface area contributed by atoms with Gasteiger partial charge in [0.2, 0.25) is 0 Å². The Morgan fingerprint density at radius 1 is 1.11 bits per heavy atom. The molecule has 0 amide bonds. The van der Waals surface area contributed by atoms with Crippen LogP contribution in [0.2, 0.25) is 0 Å². The van der Waals surface area contributed by atoms with E-state index in [9.17, 15) is 8.78 Å². The van der Waals surface area contributed by atoms with E-state index in [1.165, 1.54) is 18.2 Å². The van der Waals surface area contributed by atoms with E-state index in [-0.39, 0.29) is 11.6 Å². The Morgan fingerprint density at radius 2 is 1.79 bits per heavy atom. The van der Waals surface area contributed by atoms with Crippen LogP contribution >= 0.6 is 0 Å². The fourth-order valence-corrected chi connectivity index (χ4v) is 1.74. The van der Waals surface area contributed by atoms with Gasteiger partial charge in [-0.2, -0.15) is 0 Å². The van der Waals surface area contributed by atoms with Gasteiger partial charge in [-0.15, -0.1) is 0 Å². The molecule has 98 valence electrons. The summed E-state index contributed by atoms with van der Waals surface area (Å²) in [7, 11) is 0. The highest BCUT2D eigenvalue weighted by molar-refractivity contribution is 5.68. The largest absolute Gasteiger partial charge is 0.381 e. The van der Waals surface area contributed by atoms with Gasteiger partial charge in [0.1, 0.15) is 11.6 Å². The second-order valence-corrected chi connectivity index (χ2v) is 4.43. The van der Waals surface area contributed by atoms with Gasteiger partial charge in [0.25, 0.3) is 0 Å². The second kappa shape index (κ2) is 5.65. The predicted molar refractivity (Wildman–Crippen MR) is 75.1 cm³/mol. The lowest BCUT2D eigenvalue weighted by molar-refractivity contribution is 0.618. The Morgan fingerprint density at radius 3 is 2.42 bits per heavy atom. The fraction of sp³-hybridized carbons (Fsp3) is 0.125. The summed E-state index contributed by atoms with van der Waals surface area (Å²) in [5, 5.41) is 3.14. The maximum atomic E-state index is 13.2. The van der Waals surface area contributed by atoms with Crippen molar-refractivity contribution in [2.24, 2.45) is 0 Å². The average molecular weight is 259 g/mol. The van der Waals surface area contributed by atoms with Crippen molar-refractivity contribution in [2.45, 2.75) is 6.92 Å². The fourth-order valence-electron chi connectivity index (χ4n) is 1.74. The summed E-state index contributed by atoms with van der Waals surface area (Å²) >= 11 is 0. The molecule has 0 unspecified atom stereocenters. The van der Waals surface area contributed by atoms with Crippen LogP contribution in [-0.2, 0) is 0 Å². The third-order valence-corrected chi connectivity index (χ3v) is 2.92. The Kier molecular flexibility index (Phi) is 3.95. The van der Waals surface area contributed by atoms with Crippen molar-refractivity contribution < 1.29 is 8.78 Å². The zero-order valence-electron chi connectivity index (χ0n) is 10.7. The molecule has 0 saturated carbocycles. The first-order valence-corrected chi connectivity index (χ1v) is 6.00. The molecule has 0 spiro atoms. The van der Waals surface area contributed by atoms with E-state index >= 15 is 0 Å². The van der Waals surface area contributed by atoms with Gasteiger partial charge in [0.05, 0.1) is 0 Å². The van der Waals surface area contributed by atoms with Gasteiger partial charge in [-0.25, -0.2) is 8.78 Å². The number of aryl methyl sites for hydroxylation is 1. The summed E-state index contributed by atoms with van der Waals surface area (Å²) < 4.78 is 25.9. The average Bonchev–Trinajstić information content (AvgIpc) is 2.41. The molecule has 0 radical (unpaired) electrons. The molecule has 3 heteroatoms. The van der Waals surface area contributed by atoms with Gasteiger partial charge >= 0.3 is 0 Å². The summed E-state index contributed by atoms with van der Waals surface area (Å²) in [6.07, 6.45) is 0. The van der Waals surface area contributed by atoms with Crippen LogP contribution in [0.15, 0.2) is 49.0 Å². The minimum atomic E-state index is -0.265. The van der Waals surface area contributed by atoms with Crippen LogP contribution in [-0.4, -0.2) is 6.54 Å². The second-order valence-electron chi connectivity index (χ2n) is 4.43. The Hall–Kier alpha value is -2.16. The highest BCUT2D eigenvalue weighted by atomic mass is 19.1. The molecule has 0 aromatic heterocycles. The summed E-state index contributed by atoms with van der Waals surface area (Å²) in [6, 6.07) is 11.0. The molecule has 2 aromatic carbocycles. The van der Waals surface area contributed by atoms with Gasteiger partial charge < -0.3 is 5.32 Å². The molecular formula is C16H15F2N. The van der Waals surface area contributed by atoms with E-state index < -0.39 is 0 Å². The molecule has 0 aliphatic rings. The molecule has 1 nitrogen and oxygen atoms in total. The molecule has 2 rings (SSSR count). The molecule has 0 aliphatic carbocycles. The summed E-state index contributed by atoms with van der Waals surface area (Å²) in [6.45, 7) is 6.22. The zero-order chi connectivity index (χ0) is 13.8. The standard InChI is InChI=1S/C16H15F2N/c1-11-9-13(3-8-16(11)18)12(2)10-19-15-6-4-14(17)5-7-15/h3-9,19H,2,10H2,1H3. The minimum Gasteiger partial charge on any atom is -0.381 e. The summed E-state index contributed by atoms with van der Waals surface area (Å²) in [4.78, 5) is 0. The molecule has 1 N–H and O–H groups in total. The molecule has 2 aromatic rings. The van der Waals surface area contributed by atoms with Crippen LogP contribution in [0.25, 0.3) is 5.57 Å². The lowest BCUT2D eigenvalue weighted by atomic mass is 10.0.